The molecule has 3 aromatic carbocycles. The quantitative estimate of drug-likeness (QED) is 0.292. The van der Waals surface area contributed by atoms with E-state index in [9.17, 15) is 15.0 Å². The monoisotopic (exact) mass is 487 g/mol. The second-order valence-electron chi connectivity index (χ2n) is 10.00. The molecular weight excluding hydrogens is 450 g/mol. The number of rotatable bonds is 9. The molecule has 0 spiro atoms. The average molecular weight is 488 g/mol. The molecule has 0 bridgehead atoms. The number of phenolic OH excluding ortho intramolecular Hbond substituents is 1. The molecule has 5 nitrogen and oxygen atoms in total. The predicted octanol–water partition coefficient (Wildman–Crippen LogP) is 6.75. The normalized spacial score (nSPS) is 13.0. The van der Waals surface area contributed by atoms with Crippen molar-refractivity contribution < 1.29 is 19.7 Å². The summed E-state index contributed by atoms with van der Waals surface area (Å²) in [4.78, 5) is 12.0. The van der Waals surface area contributed by atoms with E-state index in [4.69, 9.17) is 4.74 Å². The van der Waals surface area contributed by atoms with E-state index in [0.717, 1.165) is 33.4 Å². The zero-order chi connectivity index (χ0) is 26.1. The number of carbonyl (C=O) groups excluding carboxylic acids is 1. The average Bonchev–Trinajstić information content (AvgIpc) is 2.85. The maximum absolute atomic E-state index is 12.0. The number of nitrogens with one attached hydrogen (secondary N) is 1. The zero-order valence-electron chi connectivity index (χ0n) is 21.6. The third kappa shape index (κ3) is 7.72. The number of hydrogen-bond donors (Lipinski definition) is 3. The highest BCUT2D eigenvalue weighted by Gasteiger charge is 2.18. The minimum atomic E-state index is -0.529. The second kappa shape index (κ2) is 12.4. The Hall–Kier alpha value is -3.57. The van der Waals surface area contributed by atoms with Gasteiger partial charge in [0.2, 0.25) is 0 Å². The van der Waals surface area contributed by atoms with Gasteiger partial charge in [-0.2, -0.15) is 0 Å². The van der Waals surface area contributed by atoms with Crippen molar-refractivity contribution in [2.24, 2.45) is 0 Å². The van der Waals surface area contributed by atoms with Crippen molar-refractivity contribution in [2.75, 3.05) is 13.2 Å². The molecule has 5 heteroatoms. The number of aliphatic hydroxyl groups excluding tert-OH is 1. The highest BCUT2D eigenvalue weighted by atomic mass is 16.6. The maximum atomic E-state index is 12.0. The molecule has 190 valence electrons. The lowest BCUT2D eigenvalue weighted by Gasteiger charge is -2.21. The molecule has 1 amide bonds. The number of hydrogen-bond acceptors (Lipinski definition) is 4. The van der Waals surface area contributed by atoms with Gasteiger partial charge in [-0.1, -0.05) is 73.7 Å². The lowest BCUT2D eigenvalue weighted by atomic mass is 9.86. The van der Waals surface area contributed by atoms with Gasteiger partial charge in [-0.3, -0.25) is 0 Å². The summed E-state index contributed by atoms with van der Waals surface area (Å²) in [6.07, 6.45) is 0.950. The molecule has 1 unspecified atom stereocenters. The standard InChI is InChI=1S/C31H37NO4/c1-22(21-32-30(35)36-31(2,3)4)23-12-14-25(15-13-23)29(26-16-18-27(34)19-17-26)28(11-8-20-33)24-9-6-5-7-10-24/h5-7,9-10,12-19,22,33-34H,8,11,20-21H2,1-4H3,(H,32,35)/b29-28+. The molecule has 0 aliphatic heterocycles. The van der Waals surface area contributed by atoms with E-state index in [1.54, 1.807) is 12.1 Å². The number of alkyl carbamates (subject to hydrolysis) is 1. The first-order valence-electron chi connectivity index (χ1n) is 12.4. The van der Waals surface area contributed by atoms with Crippen molar-refractivity contribution in [3.8, 4) is 5.75 Å². The SMILES string of the molecule is CC(CNC(=O)OC(C)(C)C)c1ccc(/C(=C(/CCCO)c2ccccc2)c2ccc(O)cc2)cc1. The molecule has 0 radical (unpaired) electrons. The van der Waals surface area contributed by atoms with Crippen LogP contribution in [-0.2, 0) is 4.74 Å². The van der Waals surface area contributed by atoms with Gasteiger partial charge in [-0.15, -0.1) is 0 Å². The van der Waals surface area contributed by atoms with Crippen LogP contribution in [0, 0.1) is 0 Å². The van der Waals surface area contributed by atoms with Gasteiger partial charge >= 0.3 is 6.09 Å². The fourth-order valence-corrected chi connectivity index (χ4v) is 4.10. The van der Waals surface area contributed by atoms with Crippen LogP contribution in [-0.4, -0.2) is 35.1 Å². The molecule has 3 aromatic rings. The Balaban J connectivity index is 1.95. The maximum Gasteiger partial charge on any atom is 0.407 e. The summed E-state index contributed by atoms with van der Waals surface area (Å²) >= 11 is 0. The lowest BCUT2D eigenvalue weighted by Crippen LogP contribution is -2.34. The van der Waals surface area contributed by atoms with Crippen LogP contribution in [0.5, 0.6) is 5.75 Å². The molecule has 36 heavy (non-hydrogen) atoms. The molecule has 0 aliphatic carbocycles. The smallest absolute Gasteiger partial charge is 0.407 e. The summed E-state index contributed by atoms with van der Waals surface area (Å²) in [5, 5.41) is 22.3. The van der Waals surface area contributed by atoms with Gasteiger partial charge in [-0.25, -0.2) is 4.79 Å². The number of phenols is 1. The van der Waals surface area contributed by atoms with Crippen LogP contribution < -0.4 is 5.32 Å². The van der Waals surface area contributed by atoms with Crippen LogP contribution >= 0.6 is 0 Å². The summed E-state index contributed by atoms with van der Waals surface area (Å²) < 4.78 is 5.34. The van der Waals surface area contributed by atoms with Gasteiger partial charge in [0.15, 0.2) is 0 Å². The fourth-order valence-electron chi connectivity index (χ4n) is 4.10. The first-order valence-corrected chi connectivity index (χ1v) is 12.4. The minimum Gasteiger partial charge on any atom is -0.508 e. The lowest BCUT2D eigenvalue weighted by molar-refractivity contribution is 0.0525. The molecule has 1 atom stereocenters. The Labute approximate surface area is 214 Å². The summed E-state index contributed by atoms with van der Waals surface area (Å²) in [6, 6.07) is 25.8. The van der Waals surface area contributed by atoms with Crippen molar-refractivity contribution in [2.45, 2.75) is 52.1 Å². The molecule has 0 aliphatic rings. The summed E-state index contributed by atoms with van der Waals surface area (Å²) in [6.45, 7) is 8.19. The van der Waals surface area contributed by atoms with E-state index in [0.29, 0.717) is 19.4 Å². The van der Waals surface area contributed by atoms with Gasteiger partial charge in [0, 0.05) is 13.2 Å². The number of carbonyl (C=O) groups is 1. The number of allylic oxidation sites excluding steroid dienone is 1. The molecule has 3 rings (SSSR count). The van der Waals surface area contributed by atoms with E-state index in [-0.39, 0.29) is 18.3 Å². The van der Waals surface area contributed by atoms with Gasteiger partial charge in [0.05, 0.1) is 0 Å². The fraction of sp³-hybridized carbons (Fsp3) is 0.323. The number of amides is 1. The summed E-state index contributed by atoms with van der Waals surface area (Å²) in [7, 11) is 0. The molecule has 3 N–H and O–H groups in total. The first-order chi connectivity index (χ1) is 17.2. The summed E-state index contributed by atoms with van der Waals surface area (Å²) in [5.74, 6) is 0.326. The Bertz CT molecular complexity index is 1140. The molecule has 0 heterocycles. The third-order valence-corrected chi connectivity index (χ3v) is 5.88. The van der Waals surface area contributed by atoms with Crippen LogP contribution in [0.15, 0.2) is 78.9 Å². The zero-order valence-corrected chi connectivity index (χ0v) is 21.6. The van der Waals surface area contributed by atoms with Gasteiger partial charge < -0.3 is 20.3 Å². The van der Waals surface area contributed by atoms with Crippen LogP contribution in [0.4, 0.5) is 4.79 Å². The van der Waals surface area contributed by atoms with Gasteiger partial charge in [-0.05, 0) is 85.1 Å². The van der Waals surface area contributed by atoms with E-state index in [2.05, 4.69) is 48.6 Å². The van der Waals surface area contributed by atoms with E-state index in [1.165, 1.54) is 0 Å². The van der Waals surface area contributed by atoms with Crippen molar-refractivity contribution in [3.05, 3.63) is 101 Å². The number of aromatic hydroxyl groups is 1. The van der Waals surface area contributed by atoms with Crippen molar-refractivity contribution >= 4 is 17.2 Å². The Kier molecular flexibility index (Phi) is 9.31. The molecule has 0 saturated heterocycles. The Morgan fingerprint density at radius 1 is 0.889 bits per heavy atom. The van der Waals surface area contributed by atoms with E-state index < -0.39 is 11.7 Å². The van der Waals surface area contributed by atoms with Crippen LogP contribution in [0.25, 0.3) is 11.1 Å². The third-order valence-electron chi connectivity index (χ3n) is 5.88. The molecule has 0 saturated carbocycles. The topological polar surface area (TPSA) is 78.8 Å². The Morgan fingerprint density at radius 2 is 1.47 bits per heavy atom. The number of ether oxygens (including phenoxy) is 1. The van der Waals surface area contributed by atoms with Crippen molar-refractivity contribution in [1.29, 1.82) is 0 Å². The van der Waals surface area contributed by atoms with Gasteiger partial charge in [0.1, 0.15) is 11.4 Å². The van der Waals surface area contributed by atoms with Crippen LogP contribution in [0.1, 0.15) is 68.7 Å². The Morgan fingerprint density at radius 3 is 2.03 bits per heavy atom. The highest BCUT2D eigenvalue weighted by molar-refractivity contribution is 5.98. The molecule has 0 aromatic heterocycles. The minimum absolute atomic E-state index is 0.107. The first kappa shape index (κ1) is 27.0. The molecule has 0 fully saturated rings. The number of benzene rings is 3. The van der Waals surface area contributed by atoms with Crippen LogP contribution in [0.3, 0.4) is 0 Å². The van der Waals surface area contributed by atoms with Gasteiger partial charge in [0.25, 0.3) is 0 Å². The predicted molar refractivity (Wildman–Crippen MR) is 146 cm³/mol. The summed E-state index contributed by atoms with van der Waals surface area (Å²) in [5.41, 5.74) is 5.94. The molecular formula is C31H37NO4. The van der Waals surface area contributed by atoms with E-state index in [1.807, 2.05) is 51.1 Å². The largest absolute Gasteiger partial charge is 0.508 e. The van der Waals surface area contributed by atoms with Crippen molar-refractivity contribution in [3.63, 3.8) is 0 Å². The highest BCUT2D eigenvalue weighted by Crippen LogP contribution is 2.36. The van der Waals surface area contributed by atoms with Crippen molar-refractivity contribution in [1.82, 2.24) is 5.32 Å². The van der Waals surface area contributed by atoms with Crippen LogP contribution in [0.2, 0.25) is 0 Å². The number of aliphatic hydroxyl groups is 1. The second-order valence-corrected chi connectivity index (χ2v) is 10.00. The van der Waals surface area contributed by atoms with E-state index >= 15 is 0 Å².